The molecule has 0 atom stereocenters. The van der Waals surface area contributed by atoms with Crippen LogP contribution in [0.25, 0.3) is 0 Å². The van der Waals surface area contributed by atoms with Crippen molar-refractivity contribution in [2.45, 2.75) is 0 Å². The third-order valence-electron chi connectivity index (χ3n) is 2.23. The molecule has 2 aromatic carbocycles. The maximum absolute atomic E-state index is 5.92. The van der Waals surface area contributed by atoms with Gasteiger partial charge in [0.15, 0.2) is 0 Å². The van der Waals surface area contributed by atoms with Crippen LogP contribution in [0, 0.1) is 0 Å². The summed E-state index contributed by atoms with van der Waals surface area (Å²) in [7, 11) is 0. The fraction of sp³-hybridized carbons (Fsp3) is 0. The second-order valence-electron chi connectivity index (χ2n) is 3.49. The van der Waals surface area contributed by atoms with E-state index < -0.39 is 0 Å². The van der Waals surface area contributed by atoms with E-state index in [0.717, 1.165) is 5.56 Å². The fourth-order valence-corrected chi connectivity index (χ4v) is 1.81. The maximum Gasteiger partial charge on any atom is 0.0694 e. The number of benzene rings is 2. The van der Waals surface area contributed by atoms with Crippen molar-refractivity contribution in [3.05, 3.63) is 58.1 Å². The summed E-state index contributed by atoms with van der Waals surface area (Å²) in [6.07, 6.45) is 1.75. The summed E-state index contributed by atoms with van der Waals surface area (Å²) >= 11 is 11.8. The first-order valence-electron chi connectivity index (χ1n) is 5.00. The second-order valence-corrected chi connectivity index (χ2v) is 4.31. The lowest BCUT2D eigenvalue weighted by atomic mass is 10.2. The summed E-state index contributed by atoms with van der Waals surface area (Å²) in [5, 5.41) is 0.829. The molecule has 4 heteroatoms. The van der Waals surface area contributed by atoms with Crippen LogP contribution in [0.3, 0.4) is 0 Å². The Balaban J connectivity index is 2.28. The van der Waals surface area contributed by atoms with Crippen molar-refractivity contribution in [1.29, 1.82) is 0 Å². The lowest BCUT2D eigenvalue weighted by Crippen LogP contribution is -1.87. The minimum atomic E-state index is 0.381. The zero-order valence-corrected chi connectivity index (χ0v) is 10.4. The van der Waals surface area contributed by atoms with Crippen molar-refractivity contribution >= 4 is 40.8 Å². The summed E-state index contributed by atoms with van der Waals surface area (Å²) in [5.74, 6) is 0. The molecule has 0 amide bonds. The topological polar surface area (TPSA) is 38.4 Å². The summed E-state index contributed by atoms with van der Waals surface area (Å²) in [4.78, 5) is 4.29. The molecule has 86 valence electrons. The van der Waals surface area contributed by atoms with Gasteiger partial charge in [-0.25, -0.2) is 0 Å². The van der Waals surface area contributed by atoms with E-state index in [1.807, 2.05) is 30.3 Å². The average molecular weight is 265 g/mol. The number of hydrogen-bond acceptors (Lipinski definition) is 2. The molecule has 0 saturated heterocycles. The normalized spacial score (nSPS) is 10.9. The molecule has 2 nitrogen and oxygen atoms in total. The van der Waals surface area contributed by atoms with Crippen LogP contribution in [-0.4, -0.2) is 6.21 Å². The van der Waals surface area contributed by atoms with E-state index >= 15 is 0 Å². The Hall–Kier alpha value is -1.51. The van der Waals surface area contributed by atoms with Crippen LogP contribution < -0.4 is 5.73 Å². The highest BCUT2D eigenvalue weighted by atomic mass is 35.5. The van der Waals surface area contributed by atoms with Crippen molar-refractivity contribution in [2.24, 2.45) is 4.99 Å². The Morgan fingerprint density at radius 2 is 1.59 bits per heavy atom. The van der Waals surface area contributed by atoms with Crippen LogP contribution in [0.2, 0.25) is 10.0 Å². The summed E-state index contributed by atoms with van der Waals surface area (Å²) in [5.41, 5.74) is 7.71. The van der Waals surface area contributed by atoms with Crippen LogP contribution in [0.5, 0.6) is 0 Å². The van der Waals surface area contributed by atoms with Gasteiger partial charge in [-0.1, -0.05) is 53.5 Å². The summed E-state index contributed by atoms with van der Waals surface area (Å²) < 4.78 is 0. The van der Waals surface area contributed by atoms with Crippen molar-refractivity contribution in [1.82, 2.24) is 0 Å². The predicted octanol–water partition coefficient (Wildman–Crippen LogP) is 4.33. The molecule has 0 aliphatic heterocycles. The molecular weight excluding hydrogens is 255 g/mol. The van der Waals surface area contributed by atoms with E-state index in [-0.39, 0.29) is 0 Å². The van der Waals surface area contributed by atoms with Gasteiger partial charge in [0.05, 0.1) is 21.4 Å². The number of nitrogens with two attached hydrogens (primary N) is 1. The second kappa shape index (κ2) is 5.21. The van der Waals surface area contributed by atoms with E-state index in [4.69, 9.17) is 28.9 Å². The van der Waals surface area contributed by atoms with Gasteiger partial charge in [0.2, 0.25) is 0 Å². The Labute approximate surface area is 110 Å². The molecule has 0 bridgehead atoms. The first kappa shape index (κ1) is 12.0. The third kappa shape index (κ3) is 2.99. The van der Waals surface area contributed by atoms with Crippen LogP contribution >= 0.6 is 23.2 Å². The van der Waals surface area contributed by atoms with Gasteiger partial charge in [0, 0.05) is 6.21 Å². The maximum atomic E-state index is 5.92. The Morgan fingerprint density at radius 1 is 1.00 bits per heavy atom. The van der Waals surface area contributed by atoms with Crippen molar-refractivity contribution in [3.63, 3.8) is 0 Å². The third-order valence-corrected chi connectivity index (χ3v) is 2.85. The van der Waals surface area contributed by atoms with Gasteiger partial charge < -0.3 is 5.73 Å². The monoisotopic (exact) mass is 264 g/mol. The van der Waals surface area contributed by atoms with Crippen LogP contribution in [0.15, 0.2) is 47.5 Å². The van der Waals surface area contributed by atoms with Crippen molar-refractivity contribution in [3.8, 4) is 0 Å². The average Bonchev–Trinajstić information content (AvgIpc) is 2.34. The summed E-state index contributed by atoms with van der Waals surface area (Å²) in [6, 6.07) is 13.1. The fourth-order valence-electron chi connectivity index (χ4n) is 1.33. The number of anilines is 1. The molecule has 0 radical (unpaired) electrons. The molecule has 0 aliphatic carbocycles. The zero-order chi connectivity index (χ0) is 12.3. The van der Waals surface area contributed by atoms with Gasteiger partial charge in [0.25, 0.3) is 0 Å². The molecule has 0 saturated carbocycles. The van der Waals surface area contributed by atoms with Crippen LogP contribution in [-0.2, 0) is 0 Å². The Bertz CT molecular complexity index is 528. The van der Waals surface area contributed by atoms with E-state index in [9.17, 15) is 0 Å². The molecule has 0 spiro atoms. The number of nitrogen functional groups attached to an aromatic ring is 1. The van der Waals surface area contributed by atoms with Crippen molar-refractivity contribution < 1.29 is 0 Å². The van der Waals surface area contributed by atoms with E-state index in [0.29, 0.717) is 21.4 Å². The minimum Gasteiger partial charge on any atom is -0.396 e. The van der Waals surface area contributed by atoms with Crippen LogP contribution in [0.4, 0.5) is 11.4 Å². The first-order chi connectivity index (χ1) is 8.16. The lowest BCUT2D eigenvalue weighted by Gasteiger charge is -2.02. The van der Waals surface area contributed by atoms with E-state index in [1.54, 1.807) is 18.3 Å². The largest absolute Gasteiger partial charge is 0.396 e. The van der Waals surface area contributed by atoms with Gasteiger partial charge in [-0.3, -0.25) is 4.99 Å². The number of rotatable bonds is 2. The van der Waals surface area contributed by atoms with Crippen LogP contribution in [0.1, 0.15) is 5.56 Å². The molecule has 17 heavy (non-hydrogen) atoms. The van der Waals surface area contributed by atoms with Gasteiger partial charge in [-0.05, 0) is 17.7 Å². The highest BCUT2D eigenvalue weighted by molar-refractivity contribution is 6.39. The molecular formula is C13H10Cl2N2. The van der Waals surface area contributed by atoms with Gasteiger partial charge in [-0.2, -0.15) is 0 Å². The highest BCUT2D eigenvalue weighted by Gasteiger charge is 2.03. The highest BCUT2D eigenvalue weighted by Crippen LogP contribution is 2.32. The van der Waals surface area contributed by atoms with Gasteiger partial charge >= 0.3 is 0 Å². The zero-order valence-electron chi connectivity index (χ0n) is 8.90. The molecule has 0 heterocycles. The van der Waals surface area contributed by atoms with E-state index in [1.165, 1.54) is 0 Å². The number of nitrogens with zero attached hydrogens (tertiary/aromatic N) is 1. The number of hydrogen-bond donors (Lipinski definition) is 1. The lowest BCUT2D eigenvalue weighted by molar-refractivity contribution is 1.52. The van der Waals surface area contributed by atoms with Gasteiger partial charge in [0.1, 0.15) is 0 Å². The molecule has 0 unspecified atom stereocenters. The minimum absolute atomic E-state index is 0.381. The number of aliphatic imine (C=N–C) groups is 1. The molecule has 0 aliphatic rings. The molecule has 0 fully saturated rings. The van der Waals surface area contributed by atoms with E-state index in [2.05, 4.69) is 4.99 Å². The summed E-state index contributed by atoms with van der Waals surface area (Å²) in [6.45, 7) is 0. The standard InChI is InChI=1S/C13H10Cl2N2/c14-11-6-10(7-12(15)13(11)16)17-8-9-4-2-1-3-5-9/h1-8H,16H2. The molecule has 0 aromatic heterocycles. The quantitative estimate of drug-likeness (QED) is 0.637. The molecule has 2 aromatic rings. The molecule has 2 rings (SSSR count). The Morgan fingerprint density at radius 3 is 2.18 bits per heavy atom. The SMILES string of the molecule is Nc1c(Cl)cc(N=Cc2ccccc2)cc1Cl. The number of halogens is 2. The van der Waals surface area contributed by atoms with Gasteiger partial charge in [-0.15, -0.1) is 0 Å². The van der Waals surface area contributed by atoms with Crippen molar-refractivity contribution in [2.75, 3.05) is 5.73 Å². The smallest absolute Gasteiger partial charge is 0.0694 e. The molecule has 2 N–H and O–H groups in total. The Kier molecular flexibility index (Phi) is 3.67. The first-order valence-corrected chi connectivity index (χ1v) is 5.76. The predicted molar refractivity (Wildman–Crippen MR) is 74.6 cm³/mol.